The van der Waals surface area contributed by atoms with Crippen LogP contribution in [0.5, 0.6) is 5.75 Å². The molecule has 0 atom stereocenters. The summed E-state index contributed by atoms with van der Waals surface area (Å²) in [5.41, 5.74) is 3.99. The summed E-state index contributed by atoms with van der Waals surface area (Å²) in [5, 5.41) is 13.8. The van der Waals surface area contributed by atoms with Gasteiger partial charge in [0.05, 0.1) is 25.9 Å². The highest BCUT2D eigenvalue weighted by Crippen LogP contribution is 2.25. The second-order valence-corrected chi connectivity index (χ2v) is 7.24. The Balaban J connectivity index is 0.00000385. The van der Waals surface area contributed by atoms with Gasteiger partial charge in [-0.25, -0.2) is 4.99 Å². The van der Waals surface area contributed by atoms with E-state index in [1.165, 1.54) is 18.1 Å². The van der Waals surface area contributed by atoms with Crippen molar-refractivity contribution < 1.29 is 9.53 Å². The summed E-state index contributed by atoms with van der Waals surface area (Å²) < 4.78 is 7.23. The van der Waals surface area contributed by atoms with Crippen LogP contribution >= 0.6 is 24.0 Å². The molecule has 3 rings (SSSR count). The van der Waals surface area contributed by atoms with Crippen molar-refractivity contribution in [2.45, 2.75) is 33.5 Å². The lowest BCUT2D eigenvalue weighted by Gasteiger charge is -2.15. The highest BCUT2D eigenvalue weighted by molar-refractivity contribution is 14.0. The molecule has 3 N–H and O–H groups in total. The van der Waals surface area contributed by atoms with Gasteiger partial charge < -0.3 is 20.7 Å². The average Bonchev–Trinajstić information content (AvgIpc) is 3.29. The zero-order valence-electron chi connectivity index (χ0n) is 19.2. The number of rotatable bonds is 9. The molecule has 0 aliphatic carbocycles. The summed E-state index contributed by atoms with van der Waals surface area (Å²) in [6, 6.07) is 15.9. The maximum absolute atomic E-state index is 11.5. The number of carbonyl (C=O) groups excluding carboxylic acids is 1. The fourth-order valence-electron chi connectivity index (χ4n) is 3.28. The van der Waals surface area contributed by atoms with Crippen molar-refractivity contribution in [2.75, 3.05) is 19.0 Å². The minimum absolute atomic E-state index is 0. The quantitative estimate of drug-likeness (QED) is 0.210. The fraction of sp³-hybridized carbons (Fsp3) is 0.292. The van der Waals surface area contributed by atoms with Crippen molar-refractivity contribution in [3.8, 4) is 5.75 Å². The van der Waals surface area contributed by atoms with Gasteiger partial charge in [0.25, 0.3) is 0 Å². The first-order chi connectivity index (χ1) is 15.6. The number of methoxy groups -OCH3 is 1. The Morgan fingerprint density at radius 3 is 2.58 bits per heavy atom. The van der Waals surface area contributed by atoms with Crippen LogP contribution in [0.25, 0.3) is 0 Å². The smallest absolute Gasteiger partial charge is 0.221 e. The fourth-order valence-corrected chi connectivity index (χ4v) is 3.28. The molecule has 0 fully saturated rings. The van der Waals surface area contributed by atoms with Gasteiger partial charge >= 0.3 is 0 Å². The van der Waals surface area contributed by atoms with Crippen molar-refractivity contribution >= 4 is 41.5 Å². The van der Waals surface area contributed by atoms with Gasteiger partial charge in [0.15, 0.2) is 5.96 Å². The molecule has 1 heterocycles. The van der Waals surface area contributed by atoms with E-state index in [0.717, 1.165) is 24.6 Å². The highest BCUT2D eigenvalue weighted by Gasteiger charge is 2.07. The number of halogens is 1. The maximum Gasteiger partial charge on any atom is 0.221 e. The Hall–Kier alpha value is -3.08. The third-order valence-electron chi connectivity index (χ3n) is 4.79. The molecule has 0 unspecified atom stereocenters. The van der Waals surface area contributed by atoms with E-state index in [0.29, 0.717) is 24.5 Å². The van der Waals surface area contributed by atoms with Crippen LogP contribution in [0.3, 0.4) is 0 Å². The number of hydrogen-bond acceptors (Lipinski definition) is 4. The van der Waals surface area contributed by atoms with E-state index in [9.17, 15) is 4.79 Å². The lowest BCUT2D eigenvalue weighted by molar-refractivity contribution is -0.114. The molecule has 0 aliphatic rings. The molecular formula is C24H31IN6O2. The van der Waals surface area contributed by atoms with E-state index < -0.39 is 0 Å². The number of benzene rings is 2. The minimum Gasteiger partial charge on any atom is -0.495 e. The van der Waals surface area contributed by atoms with Crippen molar-refractivity contribution in [3.63, 3.8) is 0 Å². The van der Waals surface area contributed by atoms with Gasteiger partial charge in [-0.05, 0) is 41.8 Å². The highest BCUT2D eigenvalue weighted by atomic mass is 127. The standard InChI is InChI=1S/C24H30N6O2.HI/c1-4-25-24(26-15-19-10-11-23(32-3)22(14-19)29-18(2)31)27-16-20-8-5-6-9-21(20)17-30-13-7-12-28-30;/h5-14H,4,15-17H2,1-3H3,(H,29,31)(H2,25,26,27);1H. The molecule has 0 bridgehead atoms. The first-order valence-electron chi connectivity index (χ1n) is 10.6. The number of aromatic nitrogens is 2. The van der Waals surface area contributed by atoms with Gasteiger partial charge in [-0.15, -0.1) is 24.0 Å². The zero-order chi connectivity index (χ0) is 22.8. The van der Waals surface area contributed by atoms with E-state index in [1.54, 1.807) is 13.3 Å². The number of amides is 1. The average molecular weight is 562 g/mol. The number of hydrogen-bond donors (Lipinski definition) is 3. The lowest BCUT2D eigenvalue weighted by atomic mass is 10.1. The number of nitrogens with one attached hydrogen (secondary N) is 3. The summed E-state index contributed by atoms with van der Waals surface area (Å²) in [5.74, 6) is 1.19. The summed E-state index contributed by atoms with van der Waals surface area (Å²) in [6.07, 6.45) is 3.74. The van der Waals surface area contributed by atoms with Gasteiger partial charge in [0.1, 0.15) is 5.75 Å². The Morgan fingerprint density at radius 1 is 1.12 bits per heavy atom. The molecule has 0 radical (unpaired) electrons. The molecule has 0 spiro atoms. The minimum atomic E-state index is -0.146. The van der Waals surface area contributed by atoms with E-state index in [1.807, 2.05) is 54.2 Å². The molecule has 33 heavy (non-hydrogen) atoms. The van der Waals surface area contributed by atoms with E-state index >= 15 is 0 Å². The number of guanidine groups is 1. The van der Waals surface area contributed by atoms with Crippen LogP contribution in [0.2, 0.25) is 0 Å². The molecule has 0 aliphatic heterocycles. The normalized spacial score (nSPS) is 10.8. The predicted octanol–water partition coefficient (Wildman–Crippen LogP) is 3.77. The third kappa shape index (κ3) is 8.08. The van der Waals surface area contributed by atoms with Gasteiger partial charge in [-0.3, -0.25) is 9.48 Å². The number of carbonyl (C=O) groups is 1. The van der Waals surface area contributed by atoms with Crippen LogP contribution in [-0.4, -0.2) is 35.3 Å². The predicted molar refractivity (Wildman–Crippen MR) is 142 cm³/mol. The number of aliphatic imine (C=N–C) groups is 1. The Bertz CT molecular complexity index is 1050. The number of ether oxygens (including phenoxy) is 1. The van der Waals surface area contributed by atoms with Crippen LogP contribution in [-0.2, 0) is 24.4 Å². The Labute approximate surface area is 211 Å². The maximum atomic E-state index is 11.5. The molecule has 0 saturated carbocycles. The molecule has 3 aromatic rings. The third-order valence-corrected chi connectivity index (χ3v) is 4.79. The first-order valence-corrected chi connectivity index (χ1v) is 10.6. The van der Waals surface area contributed by atoms with Crippen molar-refractivity contribution in [1.29, 1.82) is 0 Å². The number of anilines is 1. The second kappa shape index (κ2) is 13.5. The summed E-state index contributed by atoms with van der Waals surface area (Å²) in [4.78, 5) is 16.2. The van der Waals surface area contributed by atoms with Gasteiger partial charge in [-0.2, -0.15) is 5.10 Å². The molecule has 176 valence electrons. The van der Waals surface area contributed by atoms with Gasteiger partial charge in [0.2, 0.25) is 5.91 Å². The second-order valence-electron chi connectivity index (χ2n) is 7.24. The van der Waals surface area contributed by atoms with Crippen molar-refractivity contribution in [2.24, 2.45) is 4.99 Å². The van der Waals surface area contributed by atoms with E-state index in [-0.39, 0.29) is 29.9 Å². The van der Waals surface area contributed by atoms with Crippen LogP contribution < -0.4 is 20.7 Å². The zero-order valence-corrected chi connectivity index (χ0v) is 21.5. The van der Waals surface area contributed by atoms with Crippen LogP contribution in [0.15, 0.2) is 65.9 Å². The van der Waals surface area contributed by atoms with Crippen molar-refractivity contribution in [3.05, 3.63) is 77.6 Å². The van der Waals surface area contributed by atoms with E-state index in [4.69, 9.17) is 9.73 Å². The van der Waals surface area contributed by atoms with E-state index in [2.05, 4.69) is 33.2 Å². The molecule has 8 nitrogen and oxygen atoms in total. The summed E-state index contributed by atoms with van der Waals surface area (Å²) in [7, 11) is 1.58. The first kappa shape index (κ1) is 26.2. The molecule has 2 aromatic carbocycles. The molecule has 0 saturated heterocycles. The summed E-state index contributed by atoms with van der Waals surface area (Å²) in [6.45, 7) is 6.08. The SMILES string of the molecule is CCNC(=NCc1ccc(OC)c(NC(C)=O)c1)NCc1ccccc1Cn1cccn1.I. The lowest BCUT2D eigenvalue weighted by Crippen LogP contribution is -2.37. The monoisotopic (exact) mass is 562 g/mol. The van der Waals surface area contributed by atoms with Crippen molar-refractivity contribution in [1.82, 2.24) is 20.4 Å². The molecule has 9 heteroatoms. The summed E-state index contributed by atoms with van der Waals surface area (Å²) >= 11 is 0. The number of nitrogens with zero attached hydrogens (tertiary/aromatic N) is 3. The van der Waals surface area contributed by atoms with Crippen LogP contribution in [0.4, 0.5) is 5.69 Å². The molecule has 1 amide bonds. The molecular weight excluding hydrogens is 531 g/mol. The van der Waals surface area contributed by atoms with Crippen LogP contribution in [0, 0.1) is 0 Å². The Morgan fingerprint density at radius 2 is 1.91 bits per heavy atom. The van der Waals surface area contributed by atoms with Gasteiger partial charge in [-0.1, -0.05) is 30.3 Å². The van der Waals surface area contributed by atoms with Gasteiger partial charge in [0, 0.05) is 32.4 Å². The van der Waals surface area contributed by atoms with Crippen LogP contribution in [0.1, 0.15) is 30.5 Å². The largest absolute Gasteiger partial charge is 0.495 e. The molecule has 1 aromatic heterocycles. The topological polar surface area (TPSA) is 92.6 Å². The Kier molecular flexibility index (Phi) is 10.7.